The summed E-state index contributed by atoms with van der Waals surface area (Å²) in [6, 6.07) is 71.5. The maximum Gasteiger partial charge on any atom is 0.0662 e. The molecule has 0 aliphatic heterocycles. The first-order valence-corrected chi connectivity index (χ1v) is 22.3. The lowest BCUT2D eigenvalue weighted by Crippen LogP contribution is -2.04. The van der Waals surface area contributed by atoms with Crippen LogP contribution in [0.15, 0.2) is 206 Å². The standard InChI is InChI=1S/C62H51N/c1-6-17-51(50-24-11-7-18-40(50)2)42(4)48-34-36-56-58(38-48)61(54-27-15-22-46-20-9-12-25-52(46)54)57-37-35-49(39-59(57)62(56)55-28-16-23-47-21-10-13-26-53(47)55)45-32-30-44(31-33-45)43(5)63-60-29-14-8-19-41(60)3/h7-16,18-39,51H,4,6,17H2,1-3,5H3. The summed E-state index contributed by atoms with van der Waals surface area (Å²) in [5.74, 6) is 0.221. The Balaban J connectivity index is 1.24. The number of aryl methyl sites for hydroxylation is 2. The van der Waals surface area contributed by atoms with Gasteiger partial charge in [0.15, 0.2) is 0 Å². The van der Waals surface area contributed by atoms with Crippen LogP contribution in [0.2, 0.25) is 0 Å². The average Bonchev–Trinajstić information content (AvgIpc) is 3.32. The Bertz CT molecular complexity index is 3390. The third kappa shape index (κ3) is 7.34. The zero-order valence-corrected chi connectivity index (χ0v) is 36.6. The van der Waals surface area contributed by atoms with Crippen molar-refractivity contribution in [3.05, 3.63) is 229 Å². The lowest BCUT2D eigenvalue weighted by Gasteiger charge is -2.24. The van der Waals surface area contributed by atoms with E-state index >= 15 is 0 Å². The van der Waals surface area contributed by atoms with Gasteiger partial charge < -0.3 is 0 Å². The van der Waals surface area contributed by atoms with E-state index in [1.165, 1.54) is 104 Å². The molecule has 0 fully saturated rings. The van der Waals surface area contributed by atoms with Crippen molar-refractivity contribution < 1.29 is 0 Å². The zero-order valence-electron chi connectivity index (χ0n) is 36.6. The number of hydrogen-bond acceptors (Lipinski definition) is 1. The summed E-state index contributed by atoms with van der Waals surface area (Å²) in [6.07, 6.45) is 2.12. The first-order chi connectivity index (χ1) is 30.9. The molecule has 0 N–H and O–H groups in total. The van der Waals surface area contributed by atoms with Crippen LogP contribution in [0.3, 0.4) is 0 Å². The van der Waals surface area contributed by atoms with Gasteiger partial charge in [-0.3, -0.25) is 4.99 Å². The molecule has 0 radical (unpaired) electrons. The van der Waals surface area contributed by atoms with Crippen molar-refractivity contribution in [2.45, 2.75) is 46.5 Å². The highest BCUT2D eigenvalue weighted by atomic mass is 14.7. The van der Waals surface area contributed by atoms with Crippen LogP contribution in [0.4, 0.5) is 5.69 Å². The number of para-hydroxylation sites is 1. The Morgan fingerprint density at radius 1 is 0.476 bits per heavy atom. The maximum atomic E-state index is 5.00. The van der Waals surface area contributed by atoms with Gasteiger partial charge in [0, 0.05) is 11.6 Å². The molecule has 0 amide bonds. The van der Waals surface area contributed by atoms with Crippen molar-refractivity contribution in [2.75, 3.05) is 0 Å². The summed E-state index contributed by atoms with van der Waals surface area (Å²) in [4.78, 5) is 5.00. The van der Waals surface area contributed by atoms with Gasteiger partial charge in [0.2, 0.25) is 0 Å². The van der Waals surface area contributed by atoms with Crippen molar-refractivity contribution in [1.29, 1.82) is 0 Å². The number of allylic oxidation sites excluding steroid dienone is 1. The number of benzene rings is 10. The zero-order chi connectivity index (χ0) is 43.0. The van der Waals surface area contributed by atoms with Crippen LogP contribution >= 0.6 is 0 Å². The van der Waals surface area contributed by atoms with Crippen molar-refractivity contribution in [2.24, 2.45) is 4.99 Å². The highest BCUT2D eigenvalue weighted by molar-refractivity contribution is 6.26. The van der Waals surface area contributed by atoms with Gasteiger partial charge in [-0.25, -0.2) is 0 Å². The van der Waals surface area contributed by atoms with E-state index in [-0.39, 0.29) is 5.92 Å². The fourth-order valence-corrected chi connectivity index (χ4v) is 9.90. The second-order valence-electron chi connectivity index (χ2n) is 17.1. The number of fused-ring (bicyclic) bond motifs is 4. The molecule has 63 heavy (non-hydrogen) atoms. The molecule has 1 heteroatoms. The highest BCUT2D eigenvalue weighted by Crippen LogP contribution is 2.49. The topological polar surface area (TPSA) is 12.4 Å². The van der Waals surface area contributed by atoms with Crippen LogP contribution in [0.25, 0.3) is 82.0 Å². The van der Waals surface area contributed by atoms with Crippen molar-refractivity contribution in [1.82, 2.24) is 0 Å². The van der Waals surface area contributed by atoms with Gasteiger partial charge in [-0.2, -0.15) is 0 Å². The van der Waals surface area contributed by atoms with Crippen LogP contribution in [-0.4, -0.2) is 5.71 Å². The van der Waals surface area contributed by atoms with Gasteiger partial charge in [0.1, 0.15) is 0 Å². The van der Waals surface area contributed by atoms with Gasteiger partial charge in [0.05, 0.1) is 5.69 Å². The lowest BCUT2D eigenvalue weighted by atomic mass is 9.79. The van der Waals surface area contributed by atoms with Gasteiger partial charge in [0.25, 0.3) is 0 Å². The Labute approximate surface area is 371 Å². The number of hydrogen-bond donors (Lipinski definition) is 0. The van der Waals surface area contributed by atoms with E-state index in [0.717, 1.165) is 29.8 Å². The molecule has 0 aliphatic rings. The minimum Gasteiger partial charge on any atom is -0.253 e. The van der Waals surface area contributed by atoms with Crippen LogP contribution < -0.4 is 0 Å². The molecule has 1 atom stereocenters. The fourth-order valence-electron chi connectivity index (χ4n) is 9.90. The number of aliphatic imine (C=N–C) groups is 1. The van der Waals surface area contributed by atoms with Crippen molar-refractivity contribution in [3.8, 4) is 33.4 Å². The summed E-state index contributed by atoms with van der Waals surface area (Å²) >= 11 is 0. The summed E-state index contributed by atoms with van der Waals surface area (Å²) in [7, 11) is 0. The highest BCUT2D eigenvalue weighted by Gasteiger charge is 2.23. The SMILES string of the molecule is C=C(c1ccc2c(-c3cccc4ccccc34)c3cc(-c4ccc(C(C)=Nc5ccccc5C)cc4)ccc3c(-c3cccc4ccccc34)c2c1)C(CCC)c1ccccc1C. The normalized spacial score (nSPS) is 12.3. The summed E-state index contributed by atoms with van der Waals surface area (Å²) in [5.41, 5.74) is 16.7. The first-order valence-electron chi connectivity index (χ1n) is 22.3. The minimum atomic E-state index is 0.221. The van der Waals surface area contributed by atoms with Gasteiger partial charge in [-0.05, 0) is 155 Å². The van der Waals surface area contributed by atoms with Crippen LogP contribution in [0, 0.1) is 13.8 Å². The van der Waals surface area contributed by atoms with Gasteiger partial charge >= 0.3 is 0 Å². The molecule has 10 aromatic rings. The molecule has 10 aromatic carbocycles. The molecule has 0 spiro atoms. The minimum absolute atomic E-state index is 0.221. The smallest absolute Gasteiger partial charge is 0.0662 e. The molecule has 0 bridgehead atoms. The molecule has 304 valence electrons. The number of nitrogens with zero attached hydrogens (tertiary/aromatic N) is 1. The molecule has 0 aliphatic carbocycles. The second kappa shape index (κ2) is 16.8. The van der Waals surface area contributed by atoms with Crippen molar-refractivity contribution >= 4 is 60.1 Å². The van der Waals surface area contributed by atoms with Crippen LogP contribution in [-0.2, 0) is 0 Å². The predicted molar refractivity (Wildman–Crippen MR) is 274 cm³/mol. The predicted octanol–water partition coefficient (Wildman–Crippen LogP) is 17.7. The van der Waals surface area contributed by atoms with E-state index in [0.29, 0.717) is 0 Å². The van der Waals surface area contributed by atoms with Crippen molar-refractivity contribution in [3.63, 3.8) is 0 Å². The quantitative estimate of drug-likeness (QED) is 0.0964. The molecule has 0 heterocycles. The molecule has 1 unspecified atom stereocenters. The van der Waals surface area contributed by atoms with E-state index in [1.54, 1.807) is 0 Å². The first kappa shape index (κ1) is 39.8. The Kier molecular flexibility index (Phi) is 10.6. The van der Waals surface area contributed by atoms with Gasteiger partial charge in [-0.15, -0.1) is 0 Å². The Hall–Kier alpha value is -7.35. The molecular formula is C62H51N. The van der Waals surface area contributed by atoms with Crippen LogP contribution in [0.1, 0.15) is 60.4 Å². The fraction of sp³-hybridized carbons (Fsp3) is 0.113. The second-order valence-corrected chi connectivity index (χ2v) is 17.1. The van der Waals surface area contributed by atoms with E-state index in [1.807, 2.05) is 0 Å². The Morgan fingerprint density at radius 2 is 1.00 bits per heavy atom. The van der Waals surface area contributed by atoms with E-state index in [4.69, 9.17) is 11.6 Å². The summed E-state index contributed by atoms with van der Waals surface area (Å²) in [6.45, 7) is 13.6. The van der Waals surface area contributed by atoms with E-state index in [9.17, 15) is 0 Å². The third-order valence-corrected chi connectivity index (χ3v) is 13.2. The monoisotopic (exact) mass is 809 g/mol. The summed E-state index contributed by atoms with van der Waals surface area (Å²) in [5, 5.41) is 9.89. The Morgan fingerprint density at radius 3 is 1.63 bits per heavy atom. The largest absolute Gasteiger partial charge is 0.253 e. The third-order valence-electron chi connectivity index (χ3n) is 13.2. The molecule has 0 aromatic heterocycles. The molecule has 1 nitrogen and oxygen atoms in total. The van der Waals surface area contributed by atoms with Crippen LogP contribution in [0.5, 0.6) is 0 Å². The molecule has 0 saturated heterocycles. The average molecular weight is 810 g/mol. The van der Waals surface area contributed by atoms with E-state index < -0.39 is 0 Å². The van der Waals surface area contributed by atoms with Gasteiger partial charge in [-0.1, -0.05) is 196 Å². The molecular weight excluding hydrogens is 759 g/mol. The summed E-state index contributed by atoms with van der Waals surface area (Å²) < 4.78 is 0. The maximum absolute atomic E-state index is 5.00. The lowest BCUT2D eigenvalue weighted by molar-refractivity contribution is 0.727. The molecule has 0 saturated carbocycles. The number of rotatable bonds is 10. The van der Waals surface area contributed by atoms with E-state index in [2.05, 4.69) is 222 Å². The molecule has 10 rings (SSSR count).